The Morgan fingerprint density at radius 2 is 1.73 bits per heavy atom. The van der Waals surface area contributed by atoms with Crippen molar-refractivity contribution < 1.29 is 34.2 Å². The van der Waals surface area contributed by atoms with Gasteiger partial charge in [-0.15, -0.1) is 0 Å². The summed E-state index contributed by atoms with van der Waals surface area (Å²) in [6, 6.07) is 1.56. The number of primary amides is 1. The number of nitrogens with two attached hydrogens (primary N) is 3. The minimum atomic E-state index is -1.25. The highest BCUT2D eigenvalue weighted by molar-refractivity contribution is 5.95. The second-order valence-corrected chi connectivity index (χ2v) is 9.08. The third-order valence-electron chi connectivity index (χ3n) is 6.15. The Hall–Kier alpha value is -3.71. The number of aliphatic carboxylic acids is 1. The number of benzene rings is 1. The highest BCUT2D eigenvalue weighted by Crippen LogP contribution is 2.21. The molecule has 1 aliphatic heterocycles. The summed E-state index contributed by atoms with van der Waals surface area (Å²) in [5.41, 5.74) is 17.0. The van der Waals surface area contributed by atoms with Crippen molar-refractivity contribution in [2.45, 2.75) is 69.1 Å². The van der Waals surface area contributed by atoms with Crippen LogP contribution in [0.2, 0.25) is 0 Å². The van der Waals surface area contributed by atoms with Crippen LogP contribution in [0.1, 0.15) is 44.1 Å². The average Bonchev–Trinajstić information content (AvgIpc) is 3.33. The largest absolute Gasteiger partial charge is 0.508 e. The Labute approximate surface area is 214 Å². The van der Waals surface area contributed by atoms with Crippen LogP contribution in [-0.2, 0) is 30.4 Å². The van der Waals surface area contributed by atoms with Crippen LogP contribution in [0.4, 0.5) is 0 Å². The zero-order valence-corrected chi connectivity index (χ0v) is 20.6. The van der Waals surface area contributed by atoms with Crippen LogP contribution in [0.15, 0.2) is 24.3 Å². The van der Waals surface area contributed by atoms with Gasteiger partial charge in [-0.3, -0.25) is 19.2 Å². The van der Waals surface area contributed by atoms with Crippen molar-refractivity contribution in [3.63, 3.8) is 0 Å². The van der Waals surface area contributed by atoms with Crippen molar-refractivity contribution in [2.75, 3.05) is 13.1 Å². The van der Waals surface area contributed by atoms with Gasteiger partial charge in [-0.05, 0) is 56.3 Å². The first kappa shape index (κ1) is 29.5. The van der Waals surface area contributed by atoms with E-state index in [9.17, 15) is 34.2 Å². The van der Waals surface area contributed by atoms with E-state index >= 15 is 0 Å². The fourth-order valence-corrected chi connectivity index (χ4v) is 4.18. The molecule has 0 bridgehead atoms. The van der Waals surface area contributed by atoms with E-state index in [4.69, 9.17) is 17.2 Å². The number of rotatable bonds is 14. The summed E-state index contributed by atoms with van der Waals surface area (Å²) in [4.78, 5) is 63.2. The van der Waals surface area contributed by atoms with E-state index in [1.807, 2.05) is 0 Å². The van der Waals surface area contributed by atoms with E-state index in [2.05, 4.69) is 10.6 Å². The summed E-state index contributed by atoms with van der Waals surface area (Å²) in [7, 11) is 0. The van der Waals surface area contributed by atoms with Gasteiger partial charge in [-0.2, -0.15) is 0 Å². The molecule has 1 fully saturated rings. The summed E-state index contributed by atoms with van der Waals surface area (Å²) in [5, 5.41) is 24.1. The zero-order chi connectivity index (χ0) is 27.5. The maximum Gasteiger partial charge on any atom is 0.326 e. The molecule has 1 aromatic carbocycles. The lowest BCUT2D eigenvalue weighted by molar-refractivity contribution is -0.145. The Morgan fingerprint density at radius 1 is 1.05 bits per heavy atom. The lowest BCUT2D eigenvalue weighted by Crippen LogP contribution is -2.57. The van der Waals surface area contributed by atoms with E-state index in [-0.39, 0.29) is 31.6 Å². The Morgan fingerprint density at radius 3 is 2.32 bits per heavy atom. The van der Waals surface area contributed by atoms with E-state index in [0.717, 1.165) is 0 Å². The first-order valence-corrected chi connectivity index (χ1v) is 12.2. The number of hydrogen-bond donors (Lipinski definition) is 7. The normalized spacial score (nSPS) is 17.5. The molecule has 204 valence electrons. The number of nitrogens with one attached hydrogen (secondary N) is 2. The van der Waals surface area contributed by atoms with Gasteiger partial charge in [0.15, 0.2) is 0 Å². The van der Waals surface area contributed by atoms with Crippen LogP contribution in [-0.4, -0.2) is 82.0 Å². The van der Waals surface area contributed by atoms with Crippen LogP contribution in [0.25, 0.3) is 0 Å². The van der Waals surface area contributed by atoms with Crippen LogP contribution in [0.5, 0.6) is 5.75 Å². The van der Waals surface area contributed by atoms with Gasteiger partial charge in [0.25, 0.3) is 0 Å². The second-order valence-electron chi connectivity index (χ2n) is 9.08. The number of unbranched alkanes of at least 4 members (excludes halogenated alkanes) is 1. The molecule has 1 aliphatic rings. The quantitative estimate of drug-likeness (QED) is 0.138. The SMILES string of the molecule is NCCCCC(NC(=O)C(N)CC(N)=O)C(=O)N1CCCC1C(=O)NC(Cc1ccc(O)cc1)C(=O)O. The molecule has 4 atom stereocenters. The molecule has 0 radical (unpaired) electrons. The molecule has 0 aromatic heterocycles. The molecule has 1 saturated heterocycles. The number of phenols is 1. The van der Waals surface area contributed by atoms with Gasteiger partial charge in [0.05, 0.1) is 12.5 Å². The molecule has 2 rings (SSSR count). The molecule has 0 spiro atoms. The molecule has 0 aliphatic carbocycles. The number of nitrogens with zero attached hydrogens (tertiary/aromatic N) is 1. The number of amides is 4. The molecule has 4 unspecified atom stereocenters. The predicted molar refractivity (Wildman–Crippen MR) is 133 cm³/mol. The first-order chi connectivity index (χ1) is 17.5. The number of carboxylic acids is 1. The van der Waals surface area contributed by atoms with Crippen molar-refractivity contribution in [1.82, 2.24) is 15.5 Å². The predicted octanol–water partition coefficient (Wildman–Crippen LogP) is -1.69. The number of likely N-dealkylation sites (tertiary alicyclic amines) is 1. The molecule has 13 nitrogen and oxygen atoms in total. The Bertz CT molecular complexity index is 971. The summed E-state index contributed by atoms with van der Waals surface area (Å²) >= 11 is 0. The summed E-state index contributed by atoms with van der Waals surface area (Å²) in [6.07, 6.45) is 1.82. The average molecular weight is 521 g/mol. The topological polar surface area (TPSA) is 231 Å². The minimum absolute atomic E-state index is 0.0163. The van der Waals surface area contributed by atoms with Crippen LogP contribution in [0, 0.1) is 0 Å². The molecular formula is C24H36N6O7. The van der Waals surface area contributed by atoms with Crippen molar-refractivity contribution in [3.05, 3.63) is 29.8 Å². The maximum atomic E-state index is 13.4. The van der Waals surface area contributed by atoms with Crippen LogP contribution < -0.4 is 27.8 Å². The van der Waals surface area contributed by atoms with E-state index < -0.39 is 53.8 Å². The molecular weight excluding hydrogens is 484 g/mol. The molecule has 4 amide bonds. The van der Waals surface area contributed by atoms with Gasteiger partial charge in [0.2, 0.25) is 23.6 Å². The van der Waals surface area contributed by atoms with Gasteiger partial charge in [0.1, 0.15) is 23.9 Å². The standard InChI is InChI=1S/C24H36N6O7/c25-10-2-1-4-17(28-21(33)16(26)13-20(27)32)23(35)30-11-3-5-19(30)22(34)29-18(24(36)37)12-14-6-8-15(31)9-7-14/h6-9,16-19,31H,1-5,10-13,25-26H2,(H2,27,32)(H,28,33)(H,29,34)(H,36,37). The molecule has 1 aromatic rings. The monoisotopic (exact) mass is 520 g/mol. The van der Waals surface area contributed by atoms with E-state index in [0.29, 0.717) is 37.8 Å². The molecule has 1 heterocycles. The molecule has 0 saturated carbocycles. The van der Waals surface area contributed by atoms with Gasteiger partial charge in [-0.1, -0.05) is 12.1 Å². The smallest absolute Gasteiger partial charge is 0.326 e. The van der Waals surface area contributed by atoms with Crippen molar-refractivity contribution in [3.8, 4) is 5.75 Å². The third kappa shape index (κ3) is 9.03. The number of carbonyl (C=O) groups excluding carboxylic acids is 4. The number of aromatic hydroxyl groups is 1. The molecule has 37 heavy (non-hydrogen) atoms. The number of hydrogen-bond acceptors (Lipinski definition) is 8. The summed E-state index contributed by atoms with van der Waals surface area (Å²) < 4.78 is 0. The third-order valence-corrected chi connectivity index (χ3v) is 6.15. The number of carbonyl (C=O) groups is 5. The van der Waals surface area contributed by atoms with E-state index in [1.165, 1.54) is 17.0 Å². The number of carboxylic acid groups (broad SMARTS) is 1. The second kappa shape index (κ2) is 14.1. The van der Waals surface area contributed by atoms with Gasteiger partial charge in [-0.25, -0.2) is 4.79 Å². The van der Waals surface area contributed by atoms with Gasteiger partial charge in [0, 0.05) is 13.0 Å². The number of phenolic OH excluding ortho intramolecular Hbond substituents is 1. The summed E-state index contributed by atoms with van der Waals surface area (Å²) in [6.45, 7) is 0.644. The van der Waals surface area contributed by atoms with Crippen molar-refractivity contribution >= 4 is 29.6 Å². The lowest BCUT2D eigenvalue weighted by Gasteiger charge is -2.30. The first-order valence-electron chi connectivity index (χ1n) is 12.2. The van der Waals surface area contributed by atoms with Gasteiger partial charge >= 0.3 is 5.97 Å². The highest BCUT2D eigenvalue weighted by Gasteiger charge is 2.39. The minimum Gasteiger partial charge on any atom is -0.508 e. The molecule has 10 N–H and O–H groups in total. The van der Waals surface area contributed by atoms with E-state index in [1.54, 1.807) is 12.1 Å². The zero-order valence-electron chi connectivity index (χ0n) is 20.6. The van der Waals surface area contributed by atoms with Gasteiger partial charge < -0.3 is 42.9 Å². The summed E-state index contributed by atoms with van der Waals surface area (Å²) in [5.74, 6) is -3.81. The van der Waals surface area contributed by atoms with Crippen molar-refractivity contribution in [2.24, 2.45) is 17.2 Å². The lowest BCUT2D eigenvalue weighted by atomic mass is 10.0. The maximum absolute atomic E-state index is 13.4. The Balaban J connectivity index is 2.12. The van der Waals surface area contributed by atoms with Crippen LogP contribution >= 0.6 is 0 Å². The highest BCUT2D eigenvalue weighted by atomic mass is 16.4. The van der Waals surface area contributed by atoms with Crippen LogP contribution in [0.3, 0.4) is 0 Å². The van der Waals surface area contributed by atoms with Crippen molar-refractivity contribution in [1.29, 1.82) is 0 Å². The fraction of sp³-hybridized carbons (Fsp3) is 0.542. The molecule has 13 heteroatoms. The fourth-order valence-electron chi connectivity index (χ4n) is 4.18. The Kier molecular flexibility index (Phi) is 11.3.